The van der Waals surface area contributed by atoms with Crippen molar-refractivity contribution in [3.8, 4) is 0 Å². The second-order valence-corrected chi connectivity index (χ2v) is 9.48. The van der Waals surface area contributed by atoms with Gasteiger partial charge in [0, 0.05) is 12.1 Å². The van der Waals surface area contributed by atoms with Crippen molar-refractivity contribution in [3.63, 3.8) is 0 Å². The van der Waals surface area contributed by atoms with Crippen LogP contribution in [-0.4, -0.2) is 55.9 Å². The van der Waals surface area contributed by atoms with E-state index in [9.17, 15) is 13.2 Å². The number of carbonyl (C=O) groups excluding carboxylic acids is 1. The molecule has 0 saturated carbocycles. The monoisotopic (exact) mass is 402 g/mol. The van der Waals surface area contributed by atoms with Crippen LogP contribution in [-0.2, 0) is 14.6 Å². The third-order valence-corrected chi connectivity index (χ3v) is 7.09. The summed E-state index contributed by atoms with van der Waals surface area (Å²) in [5.74, 6) is -0.188. The van der Waals surface area contributed by atoms with E-state index in [2.05, 4.69) is 10.2 Å². The summed E-state index contributed by atoms with van der Waals surface area (Å²) in [5, 5.41) is 3.72. The summed E-state index contributed by atoms with van der Waals surface area (Å²) in [6, 6.07) is 4.59. The number of amides is 1. The number of halogens is 2. The SMILES string of the molecule is O=C(/C=C/c1ccc(Cl)c(Cl)c1)NC1CS(=O)(=O)CC1N1CCCC1. The average Bonchev–Trinajstić information content (AvgIpc) is 3.16. The molecule has 0 spiro atoms. The van der Waals surface area contributed by atoms with Crippen LogP contribution in [0.5, 0.6) is 0 Å². The molecule has 1 aromatic rings. The summed E-state index contributed by atoms with van der Waals surface area (Å²) in [5.41, 5.74) is 0.750. The lowest BCUT2D eigenvalue weighted by atomic mass is 10.1. The van der Waals surface area contributed by atoms with Gasteiger partial charge in [0.05, 0.1) is 27.6 Å². The van der Waals surface area contributed by atoms with Crippen LogP contribution in [0.3, 0.4) is 0 Å². The summed E-state index contributed by atoms with van der Waals surface area (Å²) in [7, 11) is -3.12. The van der Waals surface area contributed by atoms with Gasteiger partial charge in [-0.05, 0) is 49.7 Å². The van der Waals surface area contributed by atoms with Crippen LogP contribution >= 0.6 is 23.2 Å². The third kappa shape index (κ3) is 4.76. The quantitative estimate of drug-likeness (QED) is 0.785. The predicted molar refractivity (Wildman–Crippen MR) is 101 cm³/mol. The first-order valence-corrected chi connectivity index (χ1v) is 10.8. The normalized spacial score (nSPS) is 26.3. The maximum Gasteiger partial charge on any atom is 0.244 e. The van der Waals surface area contributed by atoms with E-state index in [-0.39, 0.29) is 29.5 Å². The highest BCUT2D eigenvalue weighted by molar-refractivity contribution is 7.91. The van der Waals surface area contributed by atoms with Crippen molar-refractivity contribution in [2.24, 2.45) is 0 Å². The summed E-state index contributed by atoms with van der Waals surface area (Å²) in [4.78, 5) is 14.4. The Morgan fingerprint density at radius 1 is 1.16 bits per heavy atom. The first-order valence-electron chi connectivity index (χ1n) is 8.22. The van der Waals surface area contributed by atoms with Gasteiger partial charge in [-0.15, -0.1) is 0 Å². The van der Waals surface area contributed by atoms with E-state index in [0.717, 1.165) is 31.5 Å². The zero-order valence-corrected chi connectivity index (χ0v) is 15.9. The topological polar surface area (TPSA) is 66.5 Å². The van der Waals surface area contributed by atoms with Gasteiger partial charge in [-0.1, -0.05) is 29.3 Å². The minimum atomic E-state index is -3.12. The molecule has 2 aliphatic rings. The molecule has 25 heavy (non-hydrogen) atoms. The van der Waals surface area contributed by atoms with E-state index in [0.29, 0.717) is 10.0 Å². The Balaban J connectivity index is 1.66. The van der Waals surface area contributed by atoms with E-state index in [1.165, 1.54) is 6.08 Å². The smallest absolute Gasteiger partial charge is 0.244 e. The summed E-state index contributed by atoms with van der Waals surface area (Å²) < 4.78 is 24.0. The minimum absolute atomic E-state index is 0.000516. The number of rotatable bonds is 4. The Hall–Kier alpha value is -1.08. The Morgan fingerprint density at radius 2 is 1.88 bits per heavy atom. The molecule has 2 aliphatic heterocycles. The Labute approximate surface area is 157 Å². The van der Waals surface area contributed by atoms with Gasteiger partial charge >= 0.3 is 0 Å². The molecule has 8 heteroatoms. The largest absolute Gasteiger partial charge is 0.347 e. The molecular weight excluding hydrogens is 383 g/mol. The van der Waals surface area contributed by atoms with Gasteiger partial charge < -0.3 is 5.32 Å². The molecule has 2 saturated heterocycles. The molecule has 0 aliphatic carbocycles. The highest BCUT2D eigenvalue weighted by atomic mass is 35.5. The summed E-state index contributed by atoms with van der Waals surface area (Å²) in [6.45, 7) is 1.79. The first-order chi connectivity index (χ1) is 11.8. The lowest BCUT2D eigenvalue weighted by Gasteiger charge is -2.28. The lowest BCUT2D eigenvalue weighted by molar-refractivity contribution is -0.117. The fourth-order valence-electron chi connectivity index (χ4n) is 3.42. The number of likely N-dealkylation sites (tertiary alicyclic amines) is 1. The number of carbonyl (C=O) groups is 1. The fourth-order valence-corrected chi connectivity index (χ4v) is 5.68. The molecule has 0 radical (unpaired) electrons. The van der Waals surface area contributed by atoms with Crippen LogP contribution < -0.4 is 5.32 Å². The molecular formula is C17H20Cl2N2O3S. The summed E-state index contributed by atoms with van der Waals surface area (Å²) >= 11 is 11.8. The van der Waals surface area contributed by atoms with Crippen LogP contribution in [0.2, 0.25) is 10.0 Å². The van der Waals surface area contributed by atoms with Crippen LogP contribution in [0.4, 0.5) is 0 Å². The standard InChI is InChI=1S/C17H20Cl2N2O3S/c18-13-5-3-12(9-14(13)19)4-6-17(22)20-15-10-25(23,24)11-16(15)21-7-1-2-8-21/h3-6,9,15-16H,1-2,7-8,10-11H2,(H,20,22)/b6-4+. The van der Waals surface area contributed by atoms with Gasteiger partial charge in [0.2, 0.25) is 5.91 Å². The van der Waals surface area contributed by atoms with Gasteiger partial charge in [0.1, 0.15) is 0 Å². The van der Waals surface area contributed by atoms with Crippen molar-refractivity contribution >= 4 is 45.0 Å². The average molecular weight is 403 g/mol. The molecule has 2 fully saturated rings. The van der Waals surface area contributed by atoms with E-state index in [4.69, 9.17) is 23.2 Å². The number of hydrogen-bond acceptors (Lipinski definition) is 4. The number of hydrogen-bond donors (Lipinski definition) is 1. The van der Waals surface area contributed by atoms with Crippen molar-refractivity contribution in [2.45, 2.75) is 24.9 Å². The maximum atomic E-state index is 12.2. The van der Waals surface area contributed by atoms with Gasteiger partial charge in [0.25, 0.3) is 0 Å². The van der Waals surface area contributed by atoms with Crippen molar-refractivity contribution in [1.29, 1.82) is 0 Å². The van der Waals surface area contributed by atoms with E-state index in [1.807, 2.05) is 0 Å². The molecule has 1 aromatic carbocycles. The molecule has 1 amide bonds. The van der Waals surface area contributed by atoms with Crippen LogP contribution in [0.15, 0.2) is 24.3 Å². The Morgan fingerprint density at radius 3 is 2.56 bits per heavy atom. The van der Waals surface area contributed by atoms with Gasteiger partial charge in [-0.25, -0.2) is 8.42 Å². The van der Waals surface area contributed by atoms with E-state index >= 15 is 0 Å². The molecule has 2 heterocycles. The molecule has 2 unspecified atom stereocenters. The minimum Gasteiger partial charge on any atom is -0.347 e. The number of nitrogens with zero attached hydrogens (tertiary/aromatic N) is 1. The molecule has 136 valence electrons. The second kappa shape index (κ2) is 7.66. The van der Waals surface area contributed by atoms with Crippen molar-refractivity contribution < 1.29 is 13.2 Å². The molecule has 1 N–H and O–H groups in total. The van der Waals surface area contributed by atoms with Crippen LogP contribution in [0.1, 0.15) is 18.4 Å². The predicted octanol–water partition coefficient (Wildman–Crippen LogP) is 2.38. The Kier molecular flexibility index (Phi) is 5.73. The van der Waals surface area contributed by atoms with Crippen molar-refractivity contribution in [3.05, 3.63) is 39.9 Å². The highest BCUT2D eigenvalue weighted by Crippen LogP contribution is 2.24. The zero-order chi connectivity index (χ0) is 18.0. The number of nitrogens with one attached hydrogen (secondary N) is 1. The lowest BCUT2D eigenvalue weighted by Crippen LogP contribution is -2.49. The number of sulfone groups is 1. The molecule has 2 atom stereocenters. The maximum absolute atomic E-state index is 12.2. The Bertz CT molecular complexity index is 789. The van der Waals surface area contributed by atoms with Gasteiger partial charge in [-0.3, -0.25) is 9.69 Å². The van der Waals surface area contributed by atoms with Crippen molar-refractivity contribution in [1.82, 2.24) is 10.2 Å². The third-order valence-electron chi connectivity index (χ3n) is 4.63. The highest BCUT2D eigenvalue weighted by Gasteiger charge is 2.42. The molecule has 3 rings (SSSR count). The molecule has 0 bridgehead atoms. The number of benzene rings is 1. The van der Waals surface area contributed by atoms with Gasteiger partial charge in [-0.2, -0.15) is 0 Å². The fraction of sp³-hybridized carbons (Fsp3) is 0.471. The van der Waals surface area contributed by atoms with Crippen molar-refractivity contribution in [2.75, 3.05) is 24.6 Å². The van der Waals surface area contributed by atoms with E-state index < -0.39 is 9.84 Å². The zero-order valence-electron chi connectivity index (χ0n) is 13.6. The summed E-state index contributed by atoms with van der Waals surface area (Å²) in [6.07, 6.45) is 5.18. The van der Waals surface area contributed by atoms with Crippen LogP contribution in [0.25, 0.3) is 6.08 Å². The molecule has 5 nitrogen and oxygen atoms in total. The van der Waals surface area contributed by atoms with Crippen LogP contribution in [0, 0.1) is 0 Å². The first kappa shape index (κ1) is 18.7. The molecule has 0 aromatic heterocycles. The van der Waals surface area contributed by atoms with Gasteiger partial charge in [0.15, 0.2) is 9.84 Å². The van der Waals surface area contributed by atoms with E-state index in [1.54, 1.807) is 24.3 Å². The second-order valence-electron chi connectivity index (χ2n) is 6.51.